The van der Waals surface area contributed by atoms with Crippen LogP contribution in [-0.4, -0.2) is 0 Å². The zero-order valence-corrected chi connectivity index (χ0v) is 11.2. The summed E-state index contributed by atoms with van der Waals surface area (Å²) in [5, 5.41) is 0.605. The Morgan fingerprint density at radius 3 is 2.50 bits per heavy atom. The summed E-state index contributed by atoms with van der Waals surface area (Å²) >= 11 is 11.7. The van der Waals surface area contributed by atoms with Gasteiger partial charge in [-0.25, -0.2) is 4.39 Å². The standard InChI is InChI=1S/C14H11Cl2FO/c1-9-6-12(17)3-5-13(9)18-14-4-2-11(16)7-10(14)8-15/h2-7H,8H2,1H3. The summed E-state index contributed by atoms with van der Waals surface area (Å²) in [6, 6.07) is 9.61. The van der Waals surface area contributed by atoms with Crippen molar-refractivity contribution in [2.45, 2.75) is 12.8 Å². The monoisotopic (exact) mass is 284 g/mol. The van der Waals surface area contributed by atoms with Gasteiger partial charge in [0.1, 0.15) is 17.3 Å². The molecule has 0 unspecified atom stereocenters. The first kappa shape index (κ1) is 13.2. The van der Waals surface area contributed by atoms with E-state index in [0.717, 1.165) is 11.1 Å². The van der Waals surface area contributed by atoms with Crippen molar-refractivity contribution in [1.29, 1.82) is 0 Å². The topological polar surface area (TPSA) is 9.23 Å². The van der Waals surface area contributed by atoms with E-state index in [-0.39, 0.29) is 5.82 Å². The molecule has 0 spiro atoms. The van der Waals surface area contributed by atoms with Crippen molar-refractivity contribution in [2.24, 2.45) is 0 Å². The average Bonchev–Trinajstić information content (AvgIpc) is 2.34. The second-order valence-electron chi connectivity index (χ2n) is 3.90. The number of benzene rings is 2. The molecule has 0 amide bonds. The van der Waals surface area contributed by atoms with Crippen molar-refractivity contribution in [3.8, 4) is 11.5 Å². The minimum Gasteiger partial charge on any atom is -0.457 e. The van der Waals surface area contributed by atoms with Crippen LogP contribution in [0.2, 0.25) is 5.02 Å². The van der Waals surface area contributed by atoms with Gasteiger partial charge in [-0.2, -0.15) is 0 Å². The van der Waals surface area contributed by atoms with Crippen LogP contribution in [0.15, 0.2) is 36.4 Å². The van der Waals surface area contributed by atoms with Gasteiger partial charge < -0.3 is 4.74 Å². The van der Waals surface area contributed by atoms with Crippen LogP contribution in [0.3, 0.4) is 0 Å². The predicted octanol–water partition coefficient (Wildman–Crippen LogP) is 5.32. The van der Waals surface area contributed by atoms with Crippen molar-refractivity contribution >= 4 is 23.2 Å². The molecule has 0 saturated carbocycles. The Bertz CT molecular complexity index is 570. The smallest absolute Gasteiger partial charge is 0.131 e. The van der Waals surface area contributed by atoms with E-state index in [0.29, 0.717) is 22.4 Å². The lowest BCUT2D eigenvalue weighted by Crippen LogP contribution is -1.92. The van der Waals surface area contributed by atoms with E-state index in [2.05, 4.69) is 0 Å². The third-order valence-corrected chi connectivity index (χ3v) is 3.05. The maximum absolute atomic E-state index is 13.0. The minimum atomic E-state index is -0.284. The molecule has 0 saturated heterocycles. The summed E-state index contributed by atoms with van der Waals surface area (Å²) in [7, 11) is 0. The molecule has 0 aliphatic heterocycles. The molecule has 1 nitrogen and oxygen atoms in total. The highest BCUT2D eigenvalue weighted by molar-refractivity contribution is 6.30. The van der Waals surface area contributed by atoms with Gasteiger partial charge in [0.2, 0.25) is 0 Å². The maximum atomic E-state index is 13.0. The summed E-state index contributed by atoms with van der Waals surface area (Å²) in [6.45, 7) is 1.79. The van der Waals surface area contributed by atoms with Crippen molar-refractivity contribution in [3.05, 3.63) is 58.4 Å². The van der Waals surface area contributed by atoms with Crippen LogP contribution in [0, 0.1) is 12.7 Å². The van der Waals surface area contributed by atoms with Crippen molar-refractivity contribution in [3.63, 3.8) is 0 Å². The fourth-order valence-corrected chi connectivity index (χ4v) is 2.00. The normalized spacial score (nSPS) is 10.4. The molecular formula is C14H11Cl2FO. The van der Waals surface area contributed by atoms with Gasteiger partial charge in [-0.3, -0.25) is 0 Å². The molecule has 0 aromatic heterocycles. The highest BCUT2D eigenvalue weighted by atomic mass is 35.5. The molecule has 0 aliphatic carbocycles. The average molecular weight is 285 g/mol. The van der Waals surface area contributed by atoms with Gasteiger partial charge in [0.25, 0.3) is 0 Å². The third-order valence-electron chi connectivity index (χ3n) is 2.52. The van der Waals surface area contributed by atoms with Crippen LogP contribution in [0.4, 0.5) is 4.39 Å². The first-order chi connectivity index (χ1) is 8.60. The van der Waals surface area contributed by atoms with E-state index in [1.807, 2.05) is 0 Å². The van der Waals surface area contributed by atoms with E-state index < -0.39 is 0 Å². The van der Waals surface area contributed by atoms with Gasteiger partial charge in [0.15, 0.2) is 0 Å². The first-order valence-electron chi connectivity index (χ1n) is 5.38. The Labute approximate surface area is 115 Å². The molecule has 94 valence electrons. The molecule has 18 heavy (non-hydrogen) atoms. The molecule has 4 heteroatoms. The molecule has 2 rings (SSSR count). The first-order valence-corrected chi connectivity index (χ1v) is 6.30. The van der Waals surface area contributed by atoms with E-state index in [9.17, 15) is 4.39 Å². The number of hydrogen-bond acceptors (Lipinski definition) is 1. The summed E-state index contributed by atoms with van der Waals surface area (Å²) in [5.74, 6) is 1.25. The van der Waals surface area contributed by atoms with Crippen molar-refractivity contribution in [2.75, 3.05) is 0 Å². The Kier molecular flexibility index (Phi) is 4.10. The fraction of sp³-hybridized carbons (Fsp3) is 0.143. The SMILES string of the molecule is Cc1cc(F)ccc1Oc1ccc(Cl)cc1CCl. The third kappa shape index (κ3) is 2.95. The molecule has 0 heterocycles. The summed E-state index contributed by atoms with van der Waals surface area (Å²) in [6.07, 6.45) is 0. The highest BCUT2D eigenvalue weighted by Gasteiger charge is 2.07. The summed E-state index contributed by atoms with van der Waals surface area (Å²) in [4.78, 5) is 0. The van der Waals surface area contributed by atoms with Crippen LogP contribution in [0.5, 0.6) is 11.5 Å². The number of halogens is 3. The maximum Gasteiger partial charge on any atom is 0.131 e. The van der Waals surface area contributed by atoms with Crippen LogP contribution < -0.4 is 4.74 Å². The number of ether oxygens (including phenoxy) is 1. The van der Waals surface area contributed by atoms with E-state index in [1.54, 1.807) is 31.2 Å². The van der Waals surface area contributed by atoms with Crippen LogP contribution in [0.1, 0.15) is 11.1 Å². The van der Waals surface area contributed by atoms with E-state index in [4.69, 9.17) is 27.9 Å². The molecule has 0 aliphatic rings. The van der Waals surface area contributed by atoms with Crippen molar-refractivity contribution < 1.29 is 9.13 Å². The van der Waals surface area contributed by atoms with Gasteiger partial charge in [0.05, 0.1) is 5.88 Å². The molecule has 0 N–H and O–H groups in total. The summed E-state index contributed by atoms with van der Waals surface area (Å²) in [5.41, 5.74) is 1.53. The fourth-order valence-electron chi connectivity index (χ4n) is 1.60. The largest absolute Gasteiger partial charge is 0.457 e. The quantitative estimate of drug-likeness (QED) is 0.693. The van der Waals surface area contributed by atoms with Gasteiger partial charge >= 0.3 is 0 Å². The molecule has 0 fully saturated rings. The lowest BCUT2D eigenvalue weighted by molar-refractivity contribution is 0.472. The molecule has 2 aromatic carbocycles. The highest BCUT2D eigenvalue weighted by Crippen LogP contribution is 2.30. The van der Waals surface area contributed by atoms with Crippen LogP contribution in [-0.2, 0) is 5.88 Å². The van der Waals surface area contributed by atoms with Gasteiger partial charge in [-0.15, -0.1) is 11.6 Å². The lowest BCUT2D eigenvalue weighted by Gasteiger charge is -2.12. The molecule has 2 aromatic rings. The van der Waals surface area contributed by atoms with Crippen molar-refractivity contribution in [1.82, 2.24) is 0 Å². The zero-order chi connectivity index (χ0) is 13.1. The van der Waals surface area contributed by atoms with Crippen LogP contribution in [0.25, 0.3) is 0 Å². The minimum absolute atomic E-state index is 0.284. The molecule has 0 radical (unpaired) electrons. The number of rotatable bonds is 3. The number of hydrogen-bond donors (Lipinski definition) is 0. The van der Waals surface area contributed by atoms with Crippen LogP contribution >= 0.6 is 23.2 Å². The Balaban J connectivity index is 2.33. The Morgan fingerprint density at radius 1 is 1.11 bits per heavy atom. The second kappa shape index (κ2) is 5.59. The van der Waals surface area contributed by atoms with E-state index in [1.165, 1.54) is 12.1 Å². The Hall–Kier alpha value is -1.25. The number of aryl methyl sites for hydroxylation is 1. The lowest BCUT2D eigenvalue weighted by atomic mass is 10.2. The Morgan fingerprint density at radius 2 is 1.83 bits per heavy atom. The van der Waals surface area contributed by atoms with Gasteiger partial charge in [-0.1, -0.05) is 11.6 Å². The predicted molar refractivity (Wildman–Crippen MR) is 72.2 cm³/mol. The molecule has 0 atom stereocenters. The molecular weight excluding hydrogens is 274 g/mol. The summed E-state index contributed by atoms with van der Waals surface area (Å²) < 4.78 is 18.7. The number of alkyl halides is 1. The zero-order valence-electron chi connectivity index (χ0n) is 9.71. The molecule has 0 bridgehead atoms. The van der Waals surface area contributed by atoms with E-state index >= 15 is 0 Å². The second-order valence-corrected chi connectivity index (χ2v) is 4.60. The van der Waals surface area contributed by atoms with Gasteiger partial charge in [0, 0.05) is 10.6 Å². The van der Waals surface area contributed by atoms with Gasteiger partial charge in [-0.05, 0) is 48.9 Å².